The molecule has 0 atom stereocenters. The Balaban J connectivity index is 1.42. The van der Waals surface area contributed by atoms with Crippen LogP contribution in [0.4, 0.5) is 0 Å². The second-order valence-corrected chi connectivity index (χ2v) is 7.87. The van der Waals surface area contributed by atoms with Gasteiger partial charge < -0.3 is 10.1 Å². The van der Waals surface area contributed by atoms with Crippen molar-refractivity contribution in [1.82, 2.24) is 5.32 Å². The number of methoxy groups -OCH3 is 1. The van der Waals surface area contributed by atoms with E-state index < -0.39 is 0 Å². The van der Waals surface area contributed by atoms with E-state index in [1.54, 1.807) is 31.4 Å². The van der Waals surface area contributed by atoms with Gasteiger partial charge in [0.15, 0.2) is 5.78 Å². The number of carbonyl (C=O) groups is 3. The van der Waals surface area contributed by atoms with Crippen LogP contribution in [0, 0.1) is 0 Å². The summed E-state index contributed by atoms with van der Waals surface area (Å²) >= 11 is 0. The van der Waals surface area contributed by atoms with Crippen molar-refractivity contribution in [1.29, 1.82) is 0 Å². The summed E-state index contributed by atoms with van der Waals surface area (Å²) in [5.74, 6) is 0.446. The summed E-state index contributed by atoms with van der Waals surface area (Å²) in [6.45, 7) is 0. The SMILES string of the molecule is COc1ccc(CCCC(=O)CC(=O)c2ccc(C(=O)NC3CCCC3)cc2)cc1. The van der Waals surface area contributed by atoms with Crippen molar-refractivity contribution in [2.75, 3.05) is 7.11 Å². The summed E-state index contributed by atoms with van der Waals surface area (Å²) in [5, 5.41) is 3.03. The Kier molecular flexibility index (Phi) is 7.77. The lowest BCUT2D eigenvalue weighted by Gasteiger charge is -2.12. The standard InChI is InChI=1S/C25H29NO4/c1-30-23-15-9-18(10-16-23)5-4-8-22(27)17-24(28)19-11-13-20(14-12-19)25(29)26-21-6-2-3-7-21/h9-16,21H,2-8,17H2,1H3,(H,26,29). The van der Waals surface area contributed by atoms with Gasteiger partial charge in [-0.1, -0.05) is 37.1 Å². The van der Waals surface area contributed by atoms with E-state index in [9.17, 15) is 14.4 Å². The molecule has 1 saturated carbocycles. The zero-order valence-corrected chi connectivity index (χ0v) is 17.5. The number of amides is 1. The molecule has 1 aliphatic rings. The second kappa shape index (κ2) is 10.7. The number of nitrogens with one attached hydrogen (secondary N) is 1. The van der Waals surface area contributed by atoms with Crippen molar-refractivity contribution in [3.8, 4) is 5.75 Å². The van der Waals surface area contributed by atoms with Crippen molar-refractivity contribution in [3.05, 3.63) is 65.2 Å². The van der Waals surface area contributed by atoms with E-state index in [1.807, 2.05) is 24.3 Å². The van der Waals surface area contributed by atoms with Crippen molar-refractivity contribution in [3.63, 3.8) is 0 Å². The van der Waals surface area contributed by atoms with Crippen LogP contribution in [0.2, 0.25) is 0 Å². The van der Waals surface area contributed by atoms with Crippen molar-refractivity contribution < 1.29 is 19.1 Å². The van der Waals surface area contributed by atoms with Gasteiger partial charge in [0.2, 0.25) is 0 Å². The van der Waals surface area contributed by atoms with Gasteiger partial charge in [-0.15, -0.1) is 0 Å². The van der Waals surface area contributed by atoms with Gasteiger partial charge in [-0.25, -0.2) is 0 Å². The van der Waals surface area contributed by atoms with Gasteiger partial charge >= 0.3 is 0 Å². The summed E-state index contributed by atoms with van der Waals surface area (Å²) in [4.78, 5) is 36.8. The van der Waals surface area contributed by atoms with E-state index in [0.717, 1.165) is 43.4 Å². The van der Waals surface area contributed by atoms with Gasteiger partial charge in [0, 0.05) is 23.6 Å². The van der Waals surface area contributed by atoms with E-state index in [0.29, 0.717) is 24.0 Å². The third-order valence-electron chi connectivity index (χ3n) is 5.60. The van der Waals surface area contributed by atoms with Crippen LogP contribution in [-0.4, -0.2) is 30.6 Å². The molecule has 1 aliphatic carbocycles. The van der Waals surface area contributed by atoms with Gasteiger partial charge in [0.25, 0.3) is 5.91 Å². The molecule has 0 unspecified atom stereocenters. The molecule has 5 heteroatoms. The predicted molar refractivity (Wildman–Crippen MR) is 116 cm³/mol. The minimum atomic E-state index is -0.202. The molecule has 0 radical (unpaired) electrons. The molecule has 2 aromatic carbocycles. The summed E-state index contributed by atoms with van der Waals surface area (Å²) in [6.07, 6.45) is 6.15. The van der Waals surface area contributed by atoms with Crippen LogP contribution in [0.25, 0.3) is 0 Å². The van der Waals surface area contributed by atoms with E-state index in [-0.39, 0.29) is 29.9 Å². The highest BCUT2D eigenvalue weighted by Crippen LogP contribution is 2.18. The van der Waals surface area contributed by atoms with Gasteiger partial charge in [0.1, 0.15) is 11.5 Å². The largest absolute Gasteiger partial charge is 0.497 e. The van der Waals surface area contributed by atoms with Gasteiger partial charge in [-0.3, -0.25) is 14.4 Å². The Morgan fingerprint density at radius 1 is 0.933 bits per heavy atom. The fourth-order valence-corrected chi connectivity index (χ4v) is 3.80. The Morgan fingerprint density at radius 3 is 2.20 bits per heavy atom. The number of Topliss-reactive ketones (excluding diaryl/α,β-unsaturated/α-hetero) is 2. The molecule has 30 heavy (non-hydrogen) atoms. The topological polar surface area (TPSA) is 72.5 Å². The fraction of sp³-hybridized carbons (Fsp3) is 0.400. The molecule has 2 aromatic rings. The smallest absolute Gasteiger partial charge is 0.251 e. The molecule has 1 fully saturated rings. The minimum absolute atomic E-state index is 0.0587. The molecule has 0 saturated heterocycles. The fourth-order valence-electron chi connectivity index (χ4n) is 3.80. The first-order chi connectivity index (χ1) is 14.5. The molecule has 0 heterocycles. The first kappa shape index (κ1) is 21.8. The van der Waals surface area contributed by atoms with Crippen LogP contribution < -0.4 is 10.1 Å². The molecular formula is C25H29NO4. The van der Waals surface area contributed by atoms with Crippen LogP contribution in [0.15, 0.2) is 48.5 Å². The predicted octanol–water partition coefficient (Wildman–Crippen LogP) is 4.53. The number of benzene rings is 2. The molecule has 0 bridgehead atoms. The lowest BCUT2D eigenvalue weighted by Crippen LogP contribution is -2.32. The average molecular weight is 408 g/mol. The molecular weight excluding hydrogens is 378 g/mol. The number of aryl methyl sites for hydroxylation is 1. The molecule has 1 amide bonds. The van der Waals surface area contributed by atoms with Crippen LogP contribution in [0.3, 0.4) is 0 Å². The van der Waals surface area contributed by atoms with Crippen molar-refractivity contribution in [2.24, 2.45) is 0 Å². The molecule has 0 spiro atoms. The van der Waals surface area contributed by atoms with E-state index in [4.69, 9.17) is 4.74 Å². The second-order valence-electron chi connectivity index (χ2n) is 7.87. The Hall–Kier alpha value is -2.95. The lowest BCUT2D eigenvalue weighted by molar-refractivity contribution is -0.118. The van der Waals surface area contributed by atoms with Gasteiger partial charge in [-0.05, 0) is 55.5 Å². The number of ether oxygens (including phenoxy) is 1. The zero-order chi connectivity index (χ0) is 21.3. The van der Waals surface area contributed by atoms with Gasteiger partial charge in [-0.2, -0.15) is 0 Å². The summed E-state index contributed by atoms with van der Waals surface area (Å²) < 4.78 is 5.13. The first-order valence-corrected chi connectivity index (χ1v) is 10.6. The monoisotopic (exact) mass is 407 g/mol. The maximum Gasteiger partial charge on any atom is 0.251 e. The van der Waals surface area contributed by atoms with Crippen molar-refractivity contribution in [2.45, 2.75) is 57.4 Å². The Labute approximate surface area is 177 Å². The highest BCUT2D eigenvalue weighted by Gasteiger charge is 2.18. The van der Waals surface area contributed by atoms with Crippen LogP contribution in [0.5, 0.6) is 5.75 Å². The molecule has 5 nitrogen and oxygen atoms in total. The molecule has 158 valence electrons. The summed E-state index contributed by atoms with van der Waals surface area (Å²) in [5.41, 5.74) is 2.15. The normalized spacial score (nSPS) is 13.8. The number of hydrogen-bond donors (Lipinski definition) is 1. The molecule has 1 N–H and O–H groups in total. The first-order valence-electron chi connectivity index (χ1n) is 10.6. The maximum atomic E-state index is 12.4. The van der Waals surface area contributed by atoms with Crippen LogP contribution in [-0.2, 0) is 11.2 Å². The third-order valence-corrected chi connectivity index (χ3v) is 5.60. The molecule has 0 aliphatic heterocycles. The Morgan fingerprint density at radius 2 is 1.57 bits per heavy atom. The van der Waals surface area contributed by atoms with E-state index >= 15 is 0 Å². The van der Waals surface area contributed by atoms with Gasteiger partial charge in [0.05, 0.1) is 13.5 Å². The summed E-state index contributed by atoms with van der Waals surface area (Å²) in [6, 6.07) is 14.6. The highest BCUT2D eigenvalue weighted by atomic mass is 16.5. The quantitative estimate of drug-likeness (QED) is 0.464. The number of hydrogen-bond acceptors (Lipinski definition) is 4. The Bertz CT molecular complexity index is 865. The number of rotatable bonds is 10. The number of ketones is 2. The summed E-state index contributed by atoms with van der Waals surface area (Å²) in [7, 11) is 1.63. The van der Waals surface area contributed by atoms with Crippen LogP contribution >= 0.6 is 0 Å². The molecule has 0 aromatic heterocycles. The lowest BCUT2D eigenvalue weighted by atomic mass is 10.0. The third kappa shape index (κ3) is 6.28. The number of carbonyl (C=O) groups excluding carboxylic acids is 3. The zero-order valence-electron chi connectivity index (χ0n) is 17.5. The van der Waals surface area contributed by atoms with E-state index in [2.05, 4.69) is 5.32 Å². The van der Waals surface area contributed by atoms with E-state index in [1.165, 1.54) is 0 Å². The maximum absolute atomic E-state index is 12.4. The minimum Gasteiger partial charge on any atom is -0.497 e. The molecule has 3 rings (SSSR count). The van der Waals surface area contributed by atoms with Crippen LogP contribution in [0.1, 0.15) is 71.2 Å². The van der Waals surface area contributed by atoms with Crippen molar-refractivity contribution >= 4 is 17.5 Å². The average Bonchev–Trinajstić information content (AvgIpc) is 3.27. The highest BCUT2D eigenvalue weighted by molar-refractivity contribution is 6.08.